The number of benzene rings is 1. The first-order valence-electron chi connectivity index (χ1n) is 6.69. The van der Waals surface area contributed by atoms with Gasteiger partial charge in [0.05, 0.1) is 18.1 Å². The number of thioether (sulfide) groups is 1. The monoisotopic (exact) mass is 329 g/mol. The van der Waals surface area contributed by atoms with Crippen LogP contribution < -0.4 is 0 Å². The highest BCUT2D eigenvalue weighted by atomic mass is 32.2. The van der Waals surface area contributed by atoms with E-state index >= 15 is 0 Å². The Morgan fingerprint density at radius 2 is 2.05 bits per heavy atom. The lowest BCUT2D eigenvalue weighted by atomic mass is 10.1. The first kappa shape index (κ1) is 16.3. The van der Waals surface area contributed by atoms with Crippen molar-refractivity contribution in [2.75, 3.05) is 24.3 Å². The van der Waals surface area contributed by atoms with E-state index in [1.54, 1.807) is 16.7 Å². The van der Waals surface area contributed by atoms with Crippen LogP contribution in [0.1, 0.15) is 12.0 Å². The van der Waals surface area contributed by atoms with E-state index in [-0.39, 0.29) is 24.1 Å². The molecule has 0 bridgehead atoms. The summed E-state index contributed by atoms with van der Waals surface area (Å²) >= 11 is 1.65. The number of aliphatic carboxylic acids is 1. The van der Waals surface area contributed by atoms with Crippen molar-refractivity contribution < 1.29 is 18.3 Å². The summed E-state index contributed by atoms with van der Waals surface area (Å²) in [7, 11) is -3.02. The van der Waals surface area contributed by atoms with E-state index in [4.69, 9.17) is 5.11 Å². The number of rotatable bonds is 6. The minimum atomic E-state index is -3.02. The number of sulfone groups is 1. The highest BCUT2D eigenvalue weighted by Gasteiger charge is 2.33. The summed E-state index contributed by atoms with van der Waals surface area (Å²) in [5, 5.41) is 9.04. The van der Waals surface area contributed by atoms with Gasteiger partial charge in [-0.1, -0.05) is 12.1 Å². The van der Waals surface area contributed by atoms with Gasteiger partial charge >= 0.3 is 5.97 Å². The van der Waals surface area contributed by atoms with Crippen LogP contribution in [0.15, 0.2) is 29.2 Å². The number of hydrogen-bond donors (Lipinski definition) is 1. The molecule has 1 fully saturated rings. The summed E-state index contributed by atoms with van der Waals surface area (Å²) in [4.78, 5) is 13.9. The van der Waals surface area contributed by atoms with Gasteiger partial charge < -0.3 is 5.11 Å². The molecule has 0 amide bonds. The highest BCUT2D eigenvalue weighted by Crippen LogP contribution is 2.21. The Hall–Kier alpha value is -1.05. The van der Waals surface area contributed by atoms with Crippen LogP contribution in [0, 0.1) is 0 Å². The maximum atomic E-state index is 11.6. The van der Waals surface area contributed by atoms with Gasteiger partial charge in [-0.15, -0.1) is 11.8 Å². The zero-order chi connectivity index (χ0) is 15.5. The summed E-state index contributed by atoms with van der Waals surface area (Å²) < 4.78 is 23.2. The quantitative estimate of drug-likeness (QED) is 0.797. The van der Waals surface area contributed by atoms with Crippen molar-refractivity contribution in [1.82, 2.24) is 4.90 Å². The van der Waals surface area contributed by atoms with Gasteiger partial charge in [0, 0.05) is 17.5 Å². The Bertz CT molecular complexity index is 598. The van der Waals surface area contributed by atoms with Crippen molar-refractivity contribution in [2.45, 2.75) is 23.9 Å². The Morgan fingerprint density at radius 1 is 1.38 bits per heavy atom. The number of carboxylic acid groups (broad SMARTS) is 1. The molecule has 0 radical (unpaired) electrons. The lowest BCUT2D eigenvalue weighted by molar-refractivity contribution is -0.139. The van der Waals surface area contributed by atoms with E-state index in [0.717, 1.165) is 10.5 Å². The predicted molar refractivity (Wildman–Crippen MR) is 83.3 cm³/mol. The molecule has 0 spiro atoms. The highest BCUT2D eigenvalue weighted by molar-refractivity contribution is 7.98. The summed E-state index contributed by atoms with van der Waals surface area (Å²) in [6, 6.07) is 7.70. The number of hydrogen-bond acceptors (Lipinski definition) is 5. The van der Waals surface area contributed by atoms with Crippen LogP contribution in [-0.2, 0) is 21.2 Å². The molecule has 0 aliphatic carbocycles. The minimum absolute atomic E-state index is 0.0587. The molecule has 1 aromatic carbocycles. The fraction of sp³-hybridized carbons (Fsp3) is 0.500. The Balaban J connectivity index is 2.10. The van der Waals surface area contributed by atoms with Gasteiger partial charge in [-0.25, -0.2) is 8.42 Å². The van der Waals surface area contributed by atoms with Gasteiger partial charge in [-0.2, -0.15) is 0 Å². The Kier molecular flexibility index (Phi) is 5.29. The standard InChI is InChI=1S/C14H19NO4S2/c1-20-13-4-2-11(3-5-13)8-15(9-14(16)17)12-6-7-21(18,19)10-12/h2-5,12H,6-10H2,1H3,(H,16,17). The van der Waals surface area contributed by atoms with Crippen molar-refractivity contribution in [3.05, 3.63) is 29.8 Å². The Labute approximate surface area is 129 Å². The van der Waals surface area contributed by atoms with Crippen LogP contribution >= 0.6 is 11.8 Å². The summed E-state index contributed by atoms with van der Waals surface area (Å²) in [5.74, 6) is -0.720. The van der Waals surface area contributed by atoms with Crippen LogP contribution in [-0.4, -0.2) is 54.7 Å². The second kappa shape index (κ2) is 6.81. The van der Waals surface area contributed by atoms with Gasteiger partial charge in [-0.05, 0) is 30.4 Å². The van der Waals surface area contributed by atoms with Crippen LogP contribution in [0.3, 0.4) is 0 Å². The Morgan fingerprint density at radius 3 is 2.52 bits per heavy atom. The van der Waals surface area contributed by atoms with Gasteiger partial charge in [-0.3, -0.25) is 9.69 Å². The molecular weight excluding hydrogens is 310 g/mol. The zero-order valence-electron chi connectivity index (χ0n) is 11.9. The van der Waals surface area contributed by atoms with Crippen molar-refractivity contribution in [3.63, 3.8) is 0 Å². The van der Waals surface area contributed by atoms with E-state index in [1.165, 1.54) is 0 Å². The van der Waals surface area contributed by atoms with Gasteiger partial charge in [0.15, 0.2) is 9.84 Å². The molecule has 116 valence electrons. The molecule has 1 aliphatic rings. The average Bonchev–Trinajstić information content (AvgIpc) is 2.79. The maximum Gasteiger partial charge on any atom is 0.317 e. The summed E-state index contributed by atoms with van der Waals surface area (Å²) in [6.45, 7) is 0.325. The average molecular weight is 329 g/mol. The predicted octanol–water partition coefficient (Wildman–Crippen LogP) is 1.48. The molecule has 21 heavy (non-hydrogen) atoms. The lowest BCUT2D eigenvalue weighted by Crippen LogP contribution is -2.39. The molecule has 1 aromatic rings. The first-order valence-corrected chi connectivity index (χ1v) is 9.73. The van der Waals surface area contributed by atoms with E-state index in [9.17, 15) is 13.2 Å². The van der Waals surface area contributed by atoms with Crippen LogP contribution in [0.25, 0.3) is 0 Å². The third kappa shape index (κ3) is 4.72. The van der Waals surface area contributed by atoms with Crippen LogP contribution in [0.5, 0.6) is 0 Å². The molecular formula is C14H19NO4S2. The molecule has 7 heteroatoms. The molecule has 2 rings (SSSR count). The molecule has 1 heterocycles. The summed E-state index contributed by atoms with van der Waals surface area (Å²) in [6.07, 6.45) is 2.51. The number of carbonyl (C=O) groups is 1. The van der Waals surface area contributed by atoms with E-state index < -0.39 is 15.8 Å². The largest absolute Gasteiger partial charge is 0.480 e. The smallest absolute Gasteiger partial charge is 0.317 e. The number of carboxylic acids is 1. The zero-order valence-corrected chi connectivity index (χ0v) is 13.5. The summed E-state index contributed by atoms with van der Waals surface area (Å²) in [5.41, 5.74) is 0.998. The number of nitrogens with zero attached hydrogens (tertiary/aromatic N) is 1. The lowest BCUT2D eigenvalue weighted by Gasteiger charge is -2.26. The molecule has 1 aliphatic heterocycles. The van der Waals surface area contributed by atoms with E-state index in [2.05, 4.69) is 0 Å². The van der Waals surface area contributed by atoms with Crippen molar-refractivity contribution in [3.8, 4) is 0 Å². The third-order valence-electron chi connectivity index (χ3n) is 3.61. The van der Waals surface area contributed by atoms with E-state index in [0.29, 0.717) is 13.0 Å². The van der Waals surface area contributed by atoms with Gasteiger partial charge in [0.1, 0.15) is 0 Å². The van der Waals surface area contributed by atoms with Gasteiger partial charge in [0.2, 0.25) is 0 Å². The van der Waals surface area contributed by atoms with Crippen molar-refractivity contribution in [2.24, 2.45) is 0 Å². The molecule has 1 atom stereocenters. The fourth-order valence-electron chi connectivity index (χ4n) is 2.52. The van der Waals surface area contributed by atoms with Gasteiger partial charge in [0.25, 0.3) is 0 Å². The SMILES string of the molecule is CSc1ccc(CN(CC(=O)O)C2CCS(=O)(=O)C2)cc1. The normalized spacial score (nSPS) is 20.8. The first-order chi connectivity index (χ1) is 9.89. The second-order valence-corrected chi connectivity index (χ2v) is 8.31. The second-order valence-electron chi connectivity index (χ2n) is 5.20. The molecule has 1 unspecified atom stereocenters. The maximum absolute atomic E-state index is 11.6. The minimum Gasteiger partial charge on any atom is -0.480 e. The fourth-order valence-corrected chi connectivity index (χ4v) is 4.69. The van der Waals surface area contributed by atoms with E-state index in [1.807, 2.05) is 30.5 Å². The molecule has 0 aromatic heterocycles. The molecule has 0 saturated carbocycles. The molecule has 1 saturated heterocycles. The van der Waals surface area contributed by atoms with Crippen molar-refractivity contribution in [1.29, 1.82) is 0 Å². The van der Waals surface area contributed by atoms with Crippen LogP contribution in [0.2, 0.25) is 0 Å². The topological polar surface area (TPSA) is 74.7 Å². The van der Waals surface area contributed by atoms with Crippen LogP contribution in [0.4, 0.5) is 0 Å². The molecule has 5 nitrogen and oxygen atoms in total. The van der Waals surface area contributed by atoms with Crippen molar-refractivity contribution >= 4 is 27.6 Å². The third-order valence-corrected chi connectivity index (χ3v) is 6.10. The molecule has 1 N–H and O–H groups in total.